The van der Waals surface area contributed by atoms with Gasteiger partial charge in [-0.15, -0.1) is 0 Å². The molecule has 0 aliphatic heterocycles. The predicted octanol–water partition coefficient (Wildman–Crippen LogP) is 1.99. The van der Waals surface area contributed by atoms with Gasteiger partial charge in [0.25, 0.3) is 15.7 Å². The summed E-state index contributed by atoms with van der Waals surface area (Å²) in [5.74, 6) is 0.151. The highest BCUT2D eigenvalue weighted by molar-refractivity contribution is 7.92. The summed E-state index contributed by atoms with van der Waals surface area (Å²) in [5, 5.41) is 17.4. The van der Waals surface area contributed by atoms with Crippen LogP contribution in [0.1, 0.15) is 18.2 Å². The Hall–Kier alpha value is -2.42. The number of aryl methyl sites for hydroxylation is 1. The Morgan fingerprint density at radius 2 is 2.14 bits per heavy atom. The maximum atomic E-state index is 12.3. The largest absolute Gasteiger partial charge is 0.280 e. The van der Waals surface area contributed by atoms with Crippen LogP contribution < -0.4 is 4.72 Å². The van der Waals surface area contributed by atoms with Gasteiger partial charge in [-0.25, -0.2) is 8.42 Å². The quantitative estimate of drug-likeness (QED) is 0.646. The zero-order chi connectivity index (χ0) is 15.6. The lowest BCUT2D eigenvalue weighted by Gasteiger charge is -2.08. The minimum Gasteiger partial charge on any atom is -0.280 e. The average Bonchev–Trinajstić information content (AvgIpc) is 2.85. The summed E-state index contributed by atoms with van der Waals surface area (Å²) < 4.78 is 26.9. The van der Waals surface area contributed by atoms with Crippen LogP contribution in [-0.4, -0.2) is 23.5 Å². The third kappa shape index (κ3) is 3.02. The number of nitro groups is 1. The number of aromatic nitrogens is 2. The number of aromatic amines is 1. The lowest BCUT2D eigenvalue weighted by molar-refractivity contribution is -0.385. The van der Waals surface area contributed by atoms with E-state index in [1.807, 2.05) is 6.92 Å². The Balaban J connectivity index is 2.40. The summed E-state index contributed by atoms with van der Waals surface area (Å²) in [6, 6.07) is 5.49. The Morgan fingerprint density at radius 3 is 2.71 bits per heavy atom. The maximum Gasteiger partial charge on any atom is 0.273 e. The van der Waals surface area contributed by atoms with Crippen molar-refractivity contribution in [2.24, 2.45) is 0 Å². The molecule has 0 fully saturated rings. The molecule has 1 heterocycles. The zero-order valence-electron chi connectivity index (χ0n) is 11.5. The maximum absolute atomic E-state index is 12.3. The van der Waals surface area contributed by atoms with Crippen molar-refractivity contribution in [3.05, 3.63) is 45.6 Å². The van der Waals surface area contributed by atoms with E-state index < -0.39 is 14.9 Å². The Morgan fingerprint density at radius 1 is 1.43 bits per heavy atom. The molecule has 0 saturated heterocycles. The summed E-state index contributed by atoms with van der Waals surface area (Å²) in [5.41, 5.74) is 0.624. The van der Waals surface area contributed by atoms with E-state index >= 15 is 0 Å². The number of H-pyrrole nitrogens is 1. The van der Waals surface area contributed by atoms with Gasteiger partial charge in [-0.05, 0) is 19.4 Å². The molecular formula is C12H14N4O4S. The molecular weight excluding hydrogens is 296 g/mol. The van der Waals surface area contributed by atoms with Crippen molar-refractivity contribution in [3.8, 4) is 0 Å². The first-order valence-corrected chi connectivity index (χ1v) is 7.64. The Labute approximate surface area is 121 Å². The van der Waals surface area contributed by atoms with E-state index in [1.165, 1.54) is 25.1 Å². The molecule has 2 N–H and O–H groups in total. The topological polar surface area (TPSA) is 118 Å². The fourth-order valence-electron chi connectivity index (χ4n) is 1.88. The number of anilines is 1. The molecule has 0 bridgehead atoms. The molecule has 2 rings (SSSR count). The number of hydrogen-bond acceptors (Lipinski definition) is 5. The molecule has 0 aliphatic carbocycles. The summed E-state index contributed by atoms with van der Waals surface area (Å²) in [6.45, 7) is 3.30. The first-order valence-electron chi connectivity index (χ1n) is 6.16. The van der Waals surface area contributed by atoms with Crippen LogP contribution in [0.4, 0.5) is 11.5 Å². The smallest absolute Gasteiger partial charge is 0.273 e. The van der Waals surface area contributed by atoms with Gasteiger partial charge >= 0.3 is 0 Å². The summed E-state index contributed by atoms with van der Waals surface area (Å²) >= 11 is 0. The molecule has 0 atom stereocenters. The van der Waals surface area contributed by atoms with Gasteiger partial charge in [0, 0.05) is 23.4 Å². The molecule has 0 radical (unpaired) electrons. The first-order chi connectivity index (χ1) is 9.85. The standard InChI is InChI=1S/C12H14N4O4S/c1-3-9-7-12(14-13-9)15-21(19,20)11-6-4-5-10(8(11)2)16(17)18/h4-7H,3H2,1-2H3,(H2,13,14,15). The third-order valence-electron chi connectivity index (χ3n) is 2.99. The van der Waals surface area contributed by atoms with Crippen LogP contribution in [0.25, 0.3) is 0 Å². The highest BCUT2D eigenvalue weighted by Gasteiger charge is 2.23. The second-order valence-electron chi connectivity index (χ2n) is 4.39. The van der Waals surface area contributed by atoms with E-state index in [9.17, 15) is 18.5 Å². The number of sulfonamides is 1. The van der Waals surface area contributed by atoms with Gasteiger partial charge in [0.05, 0.1) is 9.82 Å². The molecule has 0 spiro atoms. The van der Waals surface area contributed by atoms with Crippen LogP contribution in [0.5, 0.6) is 0 Å². The van der Waals surface area contributed by atoms with Crippen LogP contribution in [0.3, 0.4) is 0 Å². The van der Waals surface area contributed by atoms with Crippen molar-refractivity contribution >= 4 is 21.5 Å². The Kier molecular flexibility index (Phi) is 3.94. The van der Waals surface area contributed by atoms with Crippen molar-refractivity contribution in [1.29, 1.82) is 0 Å². The van der Waals surface area contributed by atoms with Crippen molar-refractivity contribution < 1.29 is 13.3 Å². The number of benzene rings is 1. The highest BCUT2D eigenvalue weighted by atomic mass is 32.2. The van der Waals surface area contributed by atoms with Crippen LogP contribution >= 0.6 is 0 Å². The number of nitrogens with zero attached hydrogens (tertiary/aromatic N) is 2. The highest BCUT2D eigenvalue weighted by Crippen LogP contribution is 2.26. The second-order valence-corrected chi connectivity index (χ2v) is 6.05. The summed E-state index contributed by atoms with van der Waals surface area (Å²) in [7, 11) is -3.93. The second kappa shape index (κ2) is 5.52. The summed E-state index contributed by atoms with van der Waals surface area (Å²) in [6.07, 6.45) is 0.685. The van der Waals surface area contributed by atoms with Gasteiger partial charge in [-0.2, -0.15) is 5.10 Å². The number of nitro benzene ring substituents is 1. The fraction of sp³-hybridized carbons (Fsp3) is 0.250. The first kappa shape index (κ1) is 15.0. The van der Waals surface area contributed by atoms with E-state index in [0.717, 1.165) is 5.69 Å². The fourth-order valence-corrected chi connectivity index (χ4v) is 3.13. The predicted molar refractivity (Wildman–Crippen MR) is 76.6 cm³/mol. The molecule has 1 aromatic heterocycles. The summed E-state index contributed by atoms with van der Waals surface area (Å²) in [4.78, 5) is 10.1. The van der Waals surface area contributed by atoms with Crippen molar-refractivity contribution in [2.45, 2.75) is 25.2 Å². The van der Waals surface area contributed by atoms with Crippen LogP contribution in [0.15, 0.2) is 29.2 Å². The minimum absolute atomic E-state index is 0.0845. The van der Waals surface area contributed by atoms with Gasteiger partial charge in [0.15, 0.2) is 5.82 Å². The van der Waals surface area contributed by atoms with E-state index in [0.29, 0.717) is 6.42 Å². The number of hydrogen-bond donors (Lipinski definition) is 2. The van der Waals surface area contributed by atoms with Crippen LogP contribution in [0.2, 0.25) is 0 Å². The lowest BCUT2D eigenvalue weighted by atomic mass is 10.2. The molecule has 2 aromatic rings. The molecule has 0 saturated carbocycles. The van der Waals surface area contributed by atoms with Crippen molar-refractivity contribution in [2.75, 3.05) is 4.72 Å². The van der Waals surface area contributed by atoms with E-state index in [4.69, 9.17) is 0 Å². The van der Waals surface area contributed by atoms with Gasteiger partial charge in [0.2, 0.25) is 0 Å². The van der Waals surface area contributed by atoms with Gasteiger partial charge in [-0.3, -0.25) is 19.9 Å². The molecule has 9 heteroatoms. The minimum atomic E-state index is -3.93. The van der Waals surface area contributed by atoms with E-state index in [2.05, 4.69) is 14.9 Å². The van der Waals surface area contributed by atoms with Crippen LogP contribution in [0, 0.1) is 17.0 Å². The zero-order valence-corrected chi connectivity index (χ0v) is 12.3. The normalized spacial score (nSPS) is 11.3. The number of nitrogens with one attached hydrogen (secondary N) is 2. The molecule has 1 aromatic carbocycles. The van der Waals surface area contributed by atoms with E-state index in [-0.39, 0.29) is 22.0 Å². The lowest BCUT2D eigenvalue weighted by Crippen LogP contribution is -2.15. The number of rotatable bonds is 5. The van der Waals surface area contributed by atoms with Gasteiger partial charge < -0.3 is 0 Å². The van der Waals surface area contributed by atoms with Gasteiger partial charge in [0.1, 0.15) is 0 Å². The molecule has 0 amide bonds. The Bertz CT molecular complexity index is 782. The van der Waals surface area contributed by atoms with Crippen LogP contribution in [-0.2, 0) is 16.4 Å². The monoisotopic (exact) mass is 310 g/mol. The third-order valence-corrected chi connectivity index (χ3v) is 4.49. The molecule has 0 unspecified atom stereocenters. The molecule has 8 nitrogen and oxygen atoms in total. The SMILES string of the molecule is CCc1cc(NS(=O)(=O)c2cccc([N+](=O)[O-])c2C)n[nH]1. The molecule has 21 heavy (non-hydrogen) atoms. The molecule has 112 valence electrons. The van der Waals surface area contributed by atoms with Crippen molar-refractivity contribution in [1.82, 2.24) is 10.2 Å². The van der Waals surface area contributed by atoms with Gasteiger partial charge in [-0.1, -0.05) is 13.0 Å². The van der Waals surface area contributed by atoms with Crippen molar-refractivity contribution in [3.63, 3.8) is 0 Å². The van der Waals surface area contributed by atoms with E-state index in [1.54, 1.807) is 6.07 Å². The average molecular weight is 310 g/mol. The molecule has 0 aliphatic rings.